The number of nitrogens with zero attached hydrogens (tertiary/aromatic N) is 3. The first kappa shape index (κ1) is 13.0. The van der Waals surface area contributed by atoms with Crippen LogP contribution < -0.4 is 4.90 Å². The van der Waals surface area contributed by atoms with Gasteiger partial charge in [0.15, 0.2) is 0 Å². The average molecular weight is 255 g/mol. The van der Waals surface area contributed by atoms with Gasteiger partial charge in [0.05, 0.1) is 5.56 Å². The normalized spacial score (nSPS) is 10.0. The Hall–Kier alpha value is -2.41. The second kappa shape index (κ2) is 5.49. The van der Waals surface area contributed by atoms with Crippen LogP contribution in [-0.4, -0.2) is 12.0 Å². The lowest BCUT2D eigenvalue weighted by Gasteiger charge is -2.19. The lowest BCUT2D eigenvalue weighted by Crippen LogP contribution is -2.19. The highest BCUT2D eigenvalue weighted by Crippen LogP contribution is 2.18. The van der Waals surface area contributed by atoms with Gasteiger partial charge >= 0.3 is 0 Å². The fraction of sp³-hybridized carbons (Fsp3) is 0.200. The van der Waals surface area contributed by atoms with Crippen molar-refractivity contribution >= 4 is 5.82 Å². The molecule has 0 aliphatic heterocycles. The van der Waals surface area contributed by atoms with Crippen LogP contribution in [0.5, 0.6) is 0 Å². The molecule has 2 aromatic rings. The van der Waals surface area contributed by atoms with E-state index in [1.165, 1.54) is 12.1 Å². The molecule has 0 radical (unpaired) electrons. The van der Waals surface area contributed by atoms with Gasteiger partial charge in [-0.1, -0.05) is 12.1 Å². The molecule has 1 aromatic heterocycles. The maximum atomic E-state index is 13.1. The molecule has 2 rings (SSSR count). The molecule has 96 valence electrons. The third-order valence-electron chi connectivity index (χ3n) is 2.81. The zero-order valence-corrected chi connectivity index (χ0v) is 10.9. The molecule has 19 heavy (non-hydrogen) atoms. The summed E-state index contributed by atoms with van der Waals surface area (Å²) in [6.07, 6.45) is 0. The Morgan fingerprint density at radius 2 is 2.11 bits per heavy atom. The van der Waals surface area contributed by atoms with Crippen molar-refractivity contribution < 1.29 is 4.39 Å². The largest absolute Gasteiger partial charge is 0.354 e. The molecule has 0 N–H and O–H groups in total. The highest BCUT2D eigenvalue weighted by atomic mass is 19.1. The number of pyridine rings is 1. The molecule has 0 saturated heterocycles. The van der Waals surface area contributed by atoms with Crippen LogP contribution in [0.25, 0.3) is 0 Å². The summed E-state index contributed by atoms with van der Waals surface area (Å²) in [5.41, 5.74) is 2.21. The minimum Gasteiger partial charge on any atom is -0.354 e. The molecule has 0 unspecified atom stereocenters. The molecule has 4 heteroatoms. The van der Waals surface area contributed by atoms with Gasteiger partial charge in [-0.2, -0.15) is 5.26 Å². The van der Waals surface area contributed by atoms with E-state index in [0.717, 1.165) is 11.3 Å². The first-order valence-electron chi connectivity index (χ1n) is 5.93. The Balaban J connectivity index is 2.27. The molecule has 3 nitrogen and oxygen atoms in total. The summed E-state index contributed by atoms with van der Waals surface area (Å²) in [4.78, 5) is 6.22. The zero-order chi connectivity index (χ0) is 13.8. The smallest absolute Gasteiger partial charge is 0.146 e. The second-order valence-corrected chi connectivity index (χ2v) is 4.42. The van der Waals surface area contributed by atoms with E-state index in [4.69, 9.17) is 5.26 Å². The van der Waals surface area contributed by atoms with Gasteiger partial charge in [-0.3, -0.25) is 0 Å². The Morgan fingerprint density at radius 3 is 2.79 bits per heavy atom. The highest BCUT2D eigenvalue weighted by molar-refractivity contribution is 5.54. The van der Waals surface area contributed by atoms with Crippen LogP contribution in [0.15, 0.2) is 36.4 Å². The second-order valence-electron chi connectivity index (χ2n) is 4.42. The average Bonchev–Trinajstić information content (AvgIpc) is 2.38. The van der Waals surface area contributed by atoms with Crippen molar-refractivity contribution in [3.8, 4) is 6.07 Å². The molecule has 1 heterocycles. The van der Waals surface area contributed by atoms with Gasteiger partial charge in [-0.25, -0.2) is 9.37 Å². The van der Waals surface area contributed by atoms with E-state index in [2.05, 4.69) is 11.1 Å². The number of benzene rings is 1. The van der Waals surface area contributed by atoms with Gasteiger partial charge in [0.25, 0.3) is 0 Å². The number of nitriles is 1. The number of hydrogen-bond donors (Lipinski definition) is 0. The number of hydrogen-bond acceptors (Lipinski definition) is 3. The maximum Gasteiger partial charge on any atom is 0.146 e. The van der Waals surface area contributed by atoms with Crippen LogP contribution in [0, 0.1) is 24.1 Å². The topological polar surface area (TPSA) is 39.9 Å². The van der Waals surface area contributed by atoms with E-state index in [9.17, 15) is 4.39 Å². The fourth-order valence-corrected chi connectivity index (χ4v) is 1.91. The minimum absolute atomic E-state index is 0.261. The summed E-state index contributed by atoms with van der Waals surface area (Å²) in [5.74, 6) is 0.357. The first-order valence-corrected chi connectivity index (χ1v) is 5.93. The van der Waals surface area contributed by atoms with Crippen molar-refractivity contribution in [2.45, 2.75) is 13.5 Å². The first-order chi connectivity index (χ1) is 9.10. The Morgan fingerprint density at radius 1 is 1.32 bits per heavy atom. The molecule has 0 aliphatic rings. The third kappa shape index (κ3) is 3.08. The van der Waals surface area contributed by atoms with Crippen molar-refractivity contribution in [2.24, 2.45) is 0 Å². The Labute approximate surface area is 111 Å². The molecule has 0 aliphatic carbocycles. The van der Waals surface area contributed by atoms with Gasteiger partial charge in [0.1, 0.15) is 17.7 Å². The molecule has 0 fully saturated rings. The number of halogens is 1. The predicted octanol–water partition coefficient (Wildman–Crippen LogP) is 3.04. The minimum atomic E-state index is -0.261. The molecule has 0 bridgehead atoms. The van der Waals surface area contributed by atoms with E-state index in [-0.39, 0.29) is 5.82 Å². The molecule has 0 saturated carbocycles. The summed E-state index contributed by atoms with van der Waals surface area (Å²) in [7, 11) is 1.84. The van der Waals surface area contributed by atoms with Crippen LogP contribution >= 0.6 is 0 Å². The van der Waals surface area contributed by atoms with Gasteiger partial charge in [-0.05, 0) is 36.8 Å². The zero-order valence-electron chi connectivity index (χ0n) is 10.9. The number of anilines is 1. The van der Waals surface area contributed by atoms with Crippen LogP contribution in [0.1, 0.15) is 16.8 Å². The van der Waals surface area contributed by atoms with E-state index in [1.807, 2.05) is 24.9 Å². The number of aryl methyl sites for hydroxylation is 1. The summed E-state index contributed by atoms with van der Waals surface area (Å²) >= 11 is 0. The van der Waals surface area contributed by atoms with E-state index in [1.54, 1.807) is 18.2 Å². The molecule has 0 atom stereocenters. The monoisotopic (exact) mass is 255 g/mol. The van der Waals surface area contributed by atoms with Crippen molar-refractivity contribution in [3.63, 3.8) is 0 Å². The van der Waals surface area contributed by atoms with Crippen molar-refractivity contribution in [1.29, 1.82) is 5.26 Å². The van der Waals surface area contributed by atoms with Crippen molar-refractivity contribution in [3.05, 3.63) is 59.0 Å². The van der Waals surface area contributed by atoms with Crippen LogP contribution in [0.4, 0.5) is 10.2 Å². The van der Waals surface area contributed by atoms with Crippen molar-refractivity contribution in [1.82, 2.24) is 4.98 Å². The fourth-order valence-electron chi connectivity index (χ4n) is 1.91. The maximum absolute atomic E-state index is 13.1. The highest BCUT2D eigenvalue weighted by Gasteiger charge is 2.10. The predicted molar refractivity (Wildman–Crippen MR) is 72.2 cm³/mol. The van der Waals surface area contributed by atoms with Crippen LogP contribution in [-0.2, 0) is 6.54 Å². The molecular weight excluding hydrogens is 241 g/mol. The van der Waals surface area contributed by atoms with E-state index < -0.39 is 0 Å². The van der Waals surface area contributed by atoms with E-state index >= 15 is 0 Å². The van der Waals surface area contributed by atoms with Crippen LogP contribution in [0.3, 0.4) is 0 Å². The molecule has 0 spiro atoms. The standard InChI is InChI=1S/C15H14FN3/c1-11-6-7-13(9-17)15(18-11)19(2)10-12-4-3-5-14(16)8-12/h3-8H,10H2,1-2H3. The Kier molecular flexibility index (Phi) is 3.76. The summed E-state index contributed by atoms with van der Waals surface area (Å²) in [5, 5.41) is 9.09. The van der Waals surface area contributed by atoms with Gasteiger partial charge in [0.2, 0.25) is 0 Å². The number of rotatable bonds is 3. The SMILES string of the molecule is Cc1ccc(C#N)c(N(C)Cc2cccc(F)c2)n1. The van der Waals surface area contributed by atoms with E-state index in [0.29, 0.717) is 17.9 Å². The lowest BCUT2D eigenvalue weighted by atomic mass is 10.2. The molecular formula is C15H14FN3. The van der Waals surface area contributed by atoms with Gasteiger partial charge in [-0.15, -0.1) is 0 Å². The summed E-state index contributed by atoms with van der Waals surface area (Å²) in [6, 6.07) is 12.1. The third-order valence-corrected chi connectivity index (χ3v) is 2.81. The Bertz CT molecular complexity index is 632. The van der Waals surface area contributed by atoms with Gasteiger partial charge < -0.3 is 4.90 Å². The van der Waals surface area contributed by atoms with Crippen molar-refractivity contribution in [2.75, 3.05) is 11.9 Å². The lowest BCUT2D eigenvalue weighted by molar-refractivity contribution is 0.625. The summed E-state index contributed by atoms with van der Waals surface area (Å²) < 4.78 is 13.1. The van der Waals surface area contributed by atoms with Crippen LogP contribution in [0.2, 0.25) is 0 Å². The number of aromatic nitrogens is 1. The molecule has 1 aromatic carbocycles. The summed E-state index contributed by atoms with van der Waals surface area (Å²) in [6.45, 7) is 2.38. The quantitative estimate of drug-likeness (QED) is 0.846. The van der Waals surface area contributed by atoms with Gasteiger partial charge in [0, 0.05) is 19.3 Å². The molecule has 0 amide bonds.